The lowest BCUT2D eigenvalue weighted by molar-refractivity contribution is -0.130. The van der Waals surface area contributed by atoms with Crippen molar-refractivity contribution in [3.8, 4) is 0 Å². The lowest BCUT2D eigenvalue weighted by atomic mass is 10.2. The van der Waals surface area contributed by atoms with Crippen LogP contribution in [0.1, 0.15) is 28.0 Å². The number of nitrogens with one attached hydrogen (secondary N) is 2. The third-order valence-electron chi connectivity index (χ3n) is 3.63. The van der Waals surface area contributed by atoms with Crippen LogP contribution < -0.4 is 10.6 Å². The molecule has 7 heteroatoms. The molecule has 1 heterocycles. The van der Waals surface area contributed by atoms with Gasteiger partial charge in [-0.3, -0.25) is 9.59 Å². The van der Waals surface area contributed by atoms with Crippen LogP contribution in [0.25, 0.3) is 0 Å². The van der Waals surface area contributed by atoms with E-state index in [1.54, 1.807) is 25.9 Å². The third kappa shape index (κ3) is 4.55. The Labute approximate surface area is 146 Å². The van der Waals surface area contributed by atoms with Crippen molar-refractivity contribution in [1.29, 1.82) is 0 Å². The molecule has 0 aliphatic rings. The van der Waals surface area contributed by atoms with Crippen LogP contribution in [0.15, 0.2) is 30.3 Å². The van der Waals surface area contributed by atoms with Gasteiger partial charge in [-0.25, -0.2) is 0 Å². The zero-order chi connectivity index (χ0) is 17.5. The second-order valence-corrected chi connectivity index (χ2v) is 6.24. The fourth-order valence-corrected chi connectivity index (χ4v) is 3.06. The number of amides is 2. The van der Waals surface area contributed by atoms with Crippen LogP contribution in [0, 0.1) is 6.92 Å². The zero-order valence-corrected chi connectivity index (χ0v) is 14.9. The third-order valence-corrected chi connectivity index (χ3v) is 4.59. The predicted octanol–water partition coefficient (Wildman–Crippen LogP) is 2.27. The highest BCUT2D eigenvalue weighted by Crippen LogP contribution is 2.23. The summed E-state index contributed by atoms with van der Waals surface area (Å²) in [6, 6.07) is 9.81. The normalized spacial score (nSPS) is 10.3. The van der Waals surface area contributed by atoms with E-state index in [1.807, 2.05) is 30.3 Å². The largest absolute Gasteiger partial charge is 0.378 e. The highest BCUT2D eigenvalue weighted by Gasteiger charge is 2.18. The summed E-state index contributed by atoms with van der Waals surface area (Å²) in [6.07, 6.45) is 0.264. The van der Waals surface area contributed by atoms with Gasteiger partial charge in [0, 0.05) is 33.6 Å². The smallest absolute Gasteiger partial charge is 0.256 e. The maximum absolute atomic E-state index is 12.2. The molecule has 0 bridgehead atoms. The molecule has 0 aliphatic carbocycles. The van der Waals surface area contributed by atoms with Crippen molar-refractivity contribution in [2.45, 2.75) is 19.9 Å². The van der Waals surface area contributed by atoms with Gasteiger partial charge in [-0.2, -0.15) is 4.37 Å². The number of carbonyl (C=O) groups excluding carboxylic acids is 2. The summed E-state index contributed by atoms with van der Waals surface area (Å²) in [5.74, 6) is -0.211. The summed E-state index contributed by atoms with van der Waals surface area (Å²) in [6.45, 7) is 2.66. The van der Waals surface area contributed by atoms with Gasteiger partial charge < -0.3 is 15.5 Å². The Balaban J connectivity index is 1.81. The van der Waals surface area contributed by atoms with E-state index in [2.05, 4.69) is 15.0 Å². The molecule has 2 N–H and O–H groups in total. The Morgan fingerprint density at radius 3 is 2.62 bits per heavy atom. The molecule has 2 amide bonds. The lowest BCUT2D eigenvalue weighted by Gasteiger charge is -2.17. The Bertz CT molecular complexity index is 700. The highest BCUT2D eigenvalue weighted by molar-refractivity contribution is 7.10. The summed E-state index contributed by atoms with van der Waals surface area (Å²) in [5.41, 5.74) is 2.32. The fraction of sp³-hybridized carbons (Fsp3) is 0.353. The molecular formula is C17H22N4O2S. The summed E-state index contributed by atoms with van der Waals surface area (Å²) >= 11 is 1.25. The molecule has 0 fully saturated rings. The van der Waals surface area contributed by atoms with Crippen LogP contribution in [0.3, 0.4) is 0 Å². The minimum Gasteiger partial charge on any atom is -0.378 e. The van der Waals surface area contributed by atoms with Crippen molar-refractivity contribution < 1.29 is 9.59 Å². The van der Waals surface area contributed by atoms with Gasteiger partial charge in [-0.15, -0.1) is 0 Å². The first-order valence-corrected chi connectivity index (χ1v) is 8.50. The van der Waals surface area contributed by atoms with Gasteiger partial charge >= 0.3 is 0 Å². The van der Waals surface area contributed by atoms with E-state index in [4.69, 9.17) is 0 Å². The van der Waals surface area contributed by atoms with Crippen molar-refractivity contribution in [2.24, 2.45) is 0 Å². The summed E-state index contributed by atoms with van der Waals surface area (Å²) in [4.78, 5) is 26.1. The van der Waals surface area contributed by atoms with Crippen molar-refractivity contribution in [2.75, 3.05) is 26.0 Å². The first-order chi connectivity index (χ1) is 11.5. The number of rotatable bonds is 7. The van der Waals surface area contributed by atoms with Crippen LogP contribution in [0.4, 0.5) is 5.00 Å². The summed E-state index contributed by atoms with van der Waals surface area (Å²) in [5, 5.41) is 6.49. The van der Waals surface area contributed by atoms with Gasteiger partial charge in [-0.1, -0.05) is 30.3 Å². The van der Waals surface area contributed by atoms with E-state index in [-0.39, 0.29) is 18.2 Å². The molecule has 128 valence electrons. The molecule has 2 aromatic rings. The minimum absolute atomic E-state index is 0.00633. The number of hydrogen-bond donors (Lipinski definition) is 2. The Hall–Kier alpha value is -2.41. The molecular weight excluding hydrogens is 324 g/mol. The average Bonchev–Trinajstić information content (AvgIpc) is 2.96. The molecule has 2 rings (SSSR count). The molecule has 1 aromatic heterocycles. The van der Waals surface area contributed by atoms with Crippen molar-refractivity contribution in [3.63, 3.8) is 0 Å². The first-order valence-electron chi connectivity index (χ1n) is 7.73. The number of benzene rings is 1. The summed E-state index contributed by atoms with van der Waals surface area (Å²) < 4.78 is 4.17. The van der Waals surface area contributed by atoms with Crippen LogP contribution in [-0.4, -0.2) is 41.7 Å². The Kier molecular flexibility index (Phi) is 6.31. The van der Waals surface area contributed by atoms with Crippen molar-refractivity contribution in [1.82, 2.24) is 14.6 Å². The lowest BCUT2D eigenvalue weighted by Crippen LogP contribution is -2.32. The van der Waals surface area contributed by atoms with Gasteiger partial charge in [0.05, 0.1) is 11.3 Å². The fourth-order valence-electron chi connectivity index (χ4n) is 2.32. The first kappa shape index (κ1) is 17.9. The van der Waals surface area contributed by atoms with Crippen LogP contribution in [0.5, 0.6) is 0 Å². The molecule has 1 aromatic carbocycles. The van der Waals surface area contributed by atoms with E-state index in [0.717, 1.165) is 10.6 Å². The van der Waals surface area contributed by atoms with E-state index >= 15 is 0 Å². The van der Waals surface area contributed by atoms with Crippen molar-refractivity contribution >= 4 is 28.3 Å². The van der Waals surface area contributed by atoms with E-state index in [9.17, 15) is 9.59 Å². The molecule has 0 saturated carbocycles. The highest BCUT2D eigenvalue weighted by atomic mass is 32.1. The molecule has 0 unspecified atom stereocenters. The van der Waals surface area contributed by atoms with E-state index in [1.165, 1.54) is 11.5 Å². The SMILES string of the molecule is CNc1snc(C)c1C(=O)NCCC(=O)N(C)Cc1ccccc1. The topological polar surface area (TPSA) is 74.3 Å². The molecule has 0 spiro atoms. The quantitative estimate of drug-likeness (QED) is 0.806. The number of aromatic nitrogens is 1. The molecule has 0 radical (unpaired) electrons. The van der Waals surface area contributed by atoms with Gasteiger partial charge in [0.25, 0.3) is 5.91 Å². The van der Waals surface area contributed by atoms with Crippen LogP contribution in [-0.2, 0) is 11.3 Å². The van der Waals surface area contributed by atoms with E-state index in [0.29, 0.717) is 24.3 Å². The van der Waals surface area contributed by atoms with Gasteiger partial charge in [0.2, 0.25) is 5.91 Å². The van der Waals surface area contributed by atoms with Crippen molar-refractivity contribution in [3.05, 3.63) is 47.2 Å². The van der Waals surface area contributed by atoms with Crippen LogP contribution in [0.2, 0.25) is 0 Å². The number of aryl methyl sites for hydroxylation is 1. The van der Waals surface area contributed by atoms with Crippen LogP contribution >= 0.6 is 11.5 Å². The Morgan fingerprint density at radius 1 is 1.25 bits per heavy atom. The number of nitrogens with zero attached hydrogens (tertiary/aromatic N) is 2. The number of anilines is 1. The van der Waals surface area contributed by atoms with Gasteiger partial charge in [0.15, 0.2) is 0 Å². The monoisotopic (exact) mass is 346 g/mol. The molecule has 0 atom stereocenters. The second kappa shape index (κ2) is 8.44. The standard InChI is InChI=1S/C17H22N4O2S/c1-12-15(17(18-2)24-20-12)16(23)19-10-9-14(22)21(3)11-13-7-5-4-6-8-13/h4-8,18H,9-11H2,1-3H3,(H,19,23). The predicted molar refractivity (Wildman–Crippen MR) is 96.3 cm³/mol. The van der Waals surface area contributed by atoms with E-state index < -0.39 is 0 Å². The molecule has 6 nitrogen and oxygen atoms in total. The second-order valence-electron chi connectivity index (χ2n) is 5.46. The maximum atomic E-state index is 12.2. The Morgan fingerprint density at radius 2 is 1.96 bits per heavy atom. The molecule has 0 saturated heterocycles. The average molecular weight is 346 g/mol. The molecule has 0 aliphatic heterocycles. The molecule has 24 heavy (non-hydrogen) atoms. The maximum Gasteiger partial charge on any atom is 0.256 e. The van der Waals surface area contributed by atoms with Gasteiger partial charge in [0.1, 0.15) is 5.00 Å². The number of carbonyl (C=O) groups is 2. The zero-order valence-electron chi connectivity index (χ0n) is 14.1. The minimum atomic E-state index is -0.205. The number of hydrogen-bond acceptors (Lipinski definition) is 5. The summed E-state index contributed by atoms with van der Waals surface area (Å²) in [7, 11) is 3.52. The van der Waals surface area contributed by atoms with Gasteiger partial charge in [-0.05, 0) is 24.0 Å².